The summed E-state index contributed by atoms with van der Waals surface area (Å²) in [7, 11) is 0. The Morgan fingerprint density at radius 1 is 1.43 bits per heavy atom. The molecule has 2 nitrogen and oxygen atoms in total. The first-order valence-corrected chi connectivity index (χ1v) is 5.86. The van der Waals surface area contributed by atoms with Gasteiger partial charge < -0.3 is 4.74 Å². The maximum absolute atomic E-state index is 11.2. The number of ether oxygens (including phenoxy) is 1. The molecule has 2 atom stereocenters. The maximum Gasteiger partial charge on any atom is 0.133 e. The van der Waals surface area contributed by atoms with Crippen LogP contribution in [0.1, 0.15) is 52.4 Å². The van der Waals surface area contributed by atoms with Crippen molar-refractivity contribution in [1.29, 1.82) is 0 Å². The predicted molar refractivity (Wildman–Crippen MR) is 57.3 cm³/mol. The summed E-state index contributed by atoms with van der Waals surface area (Å²) in [5, 5.41) is 0. The standard InChI is InChI=1S/C12H22O2/c1-3-4-8-14-12-7-5-6-11(9-12)10(2)13/h11-12H,3-9H2,1-2H3. The highest BCUT2D eigenvalue weighted by molar-refractivity contribution is 5.78. The Kier molecular flexibility index (Phi) is 5.16. The lowest BCUT2D eigenvalue weighted by molar-refractivity contribution is -0.123. The first-order valence-electron chi connectivity index (χ1n) is 5.86. The molecule has 0 heterocycles. The van der Waals surface area contributed by atoms with Crippen LogP contribution in [0, 0.1) is 5.92 Å². The van der Waals surface area contributed by atoms with Crippen molar-refractivity contribution in [2.45, 2.75) is 58.5 Å². The molecule has 0 aromatic rings. The van der Waals surface area contributed by atoms with E-state index < -0.39 is 0 Å². The van der Waals surface area contributed by atoms with Crippen molar-refractivity contribution in [1.82, 2.24) is 0 Å². The van der Waals surface area contributed by atoms with E-state index >= 15 is 0 Å². The SMILES string of the molecule is CCCCOC1CCCC(C(C)=O)C1. The van der Waals surface area contributed by atoms with Gasteiger partial charge in [0.05, 0.1) is 6.10 Å². The van der Waals surface area contributed by atoms with Crippen LogP contribution in [0.3, 0.4) is 0 Å². The lowest BCUT2D eigenvalue weighted by Gasteiger charge is -2.27. The number of carbonyl (C=O) groups is 1. The van der Waals surface area contributed by atoms with E-state index in [1.807, 2.05) is 0 Å². The summed E-state index contributed by atoms with van der Waals surface area (Å²) in [5.41, 5.74) is 0. The van der Waals surface area contributed by atoms with E-state index in [1.165, 1.54) is 6.42 Å². The van der Waals surface area contributed by atoms with Gasteiger partial charge >= 0.3 is 0 Å². The van der Waals surface area contributed by atoms with Gasteiger partial charge in [-0.25, -0.2) is 0 Å². The van der Waals surface area contributed by atoms with Gasteiger partial charge in [-0.1, -0.05) is 19.8 Å². The van der Waals surface area contributed by atoms with E-state index in [0.717, 1.165) is 38.7 Å². The highest BCUT2D eigenvalue weighted by Gasteiger charge is 2.24. The van der Waals surface area contributed by atoms with Crippen LogP contribution in [0.4, 0.5) is 0 Å². The Bertz CT molecular complexity index is 177. The Balaban J connectivity index is 2.22. The average molecular weight is 198 g/mol. The summed E-state index contributed by atoms with van der Waals surface area (Å²) in [6.45, 7) is 4.74. The molecular formula is C12H22O2. The van der Waals surface area contributed by atoms with E-state index in [2.05, 4.69) is 6.92 Å². The summed E-state index contributed by atoms with van der Waals surface area (Å²) in [6.07, 6.45) is 7.00. The molecule has 0 saturated heterocycles. The summed E-state index contributed by atoms with van der Waals surface area (Å²) in [5.74, 6) is 0.615. The van der Waals surface area contributed by atoms with Crippen molar-refractivity contribution in [3.63, 3.8) is 0 Å². The lowest BCUT2D eigenvalue weighted by Crippen LogP contribution is -2.26. The van der Waals surface area contributed by atoms with Crippen LogP contribution in [0.5, 0.6) is 0 Å². The average Bonchev–Trinajstić information content (AvgIpc) is 2.19. The van der Waals surface area contributed by atoms with Gasteiger partial charge in [0, 0.05) is 12.5 Å². The number of ketones is 1. The Hall–Kier alpha value is -0.370. The number of unbranched alkanes of at least 4 members (excludes halogenated alkanes) is 1. The third kappa shape index (κ3) is 3.79. The van der Waals surface area contributed by atoms with Gasteiger partial charge in [-0.05, 0) is 32.6 Å². The molecule has 0 N–H and O–H groups in total. The van der Waals surface area contributed by atoms with Crippen molar-refractivity contribution in [3.05, 3.63) is 0 Å². The fraction of sp³-hybridized carbons (Fsp3) is 0.917. The van der Waals surface area contributed by atoms with Crippen LogP contribution in [0.25, 0.3) is 0 Å². The van der Waals surface area contributed by atoms with Crippen LogP contribution < -0.4 is 0 Å². The third-order valence-corrected chi connectivity index (χ3v) is 3.05. The van der Waals surface area contributed by atoms with Gasteiger partial charge in [-0.2, -0.15) is 0 Å². The van der Waals surface area contributed by atoms with Gasteiger partial charge in [0.25, 0.3) is 0 Å². The number of rotatable bonds is 5. The van der Waals surface area contributed by atoms with E-state index in [4.69, 9.17) is 4.74 Å². The quantitative estimate of drug-likeness (QED) is 0.635. The van der Waals surface area contributed by atoms with E-state index in [-0.39, 0.29) is 5.92 Å². The molecule has 0 aliphatic heterocycles. The normalized spacial score (nSPS) is 27.6. The van der Waals surface area contributed by atoms with Gasteiger partial charge in [-0.3, -0.25) is 4.79 Å². The van der Waals surface area contributed by atoms with E-state index in [0.29, 0.717) is 11.9 Å². The molecule has 0 amide bonds. The fourth-order valence-electron chi connectivity index (χ4n) is 2.06. The molecule has 1 aliphatic carbocycles. The first kappa shape index (κ1) is 11.7. The second-order valence-corrected chi connectivity index (χ2v) is 4.32. The van der Waals surface area contributed by atoms with E-state index in [1.54, 1.807) is 6.92 Å². The maximum atomic E-state index is 11.2. The molecule has 0 spiro atoms. The Morgan fingerprint density at radius 2 is 2.21 bits per heavy atom. The highest BCUT2D eigenvalue weighted by atomic mass is 16.5. The minimum absolute atomic E-state index is 0.273. The minimum atomic E-state index is 0.273. The molecule has 1 fully saturated rings. The summed E-state index contributed by atoms with van der Waals surface area (Å²) in [6, 6.07) is 0. The molecule has 2 unspecified atom stereocenters. The monoisotopic (exact) mass is 198 g/mol. The largest absolute Gasteiger partial charge is 0.378 e. The number of carbonyl (C=O) groups excluding carboxylic acids is 1. The van der Waals surface area contributed by atoms with Crippen molar-refractivity contribution in [3.8, 4) is 0 Å². The summed E-state index contributed by atoms with van der Waals surface area (Å²) < 4.78 is 5.75. The number of Topliss-reactive ketones (excluding diaryl/α,β-unsaturated/α-hetero) is 1. The molecule has 82 valence electrons. The van der Waals surface area contributed by atoms with Crippen molar-refractivity contribution < 1.29 is 9.53 Å². The minimum Gasteiger partial charge on any atom is -0.378 e. The number of hydrogen-bond donors (Lipinski definition) is 0. The fourth-order valence-corrected chi connectivity index (χ4v) is 2.06. The first-order chi connectivity index (χ1) is 6.74. The second-order valence-electron chi connectivity index (χ2n) is 4.32. The molecule has 2 heteroatoms. The van der Waals surface area contributed by atoms with Crippen LogP contribution >= 0.6 is 0 Å². The van der Waals surface area contributed by atoms with Crippen molar-refractivity contribution >= 4 is 5.78 Å². The molecule has 1 saturated carbocycles. The molecule has 0 radical (unpaired) electrons. The van der Waals surface area contributed by atoms with E-state index in [9.17, 15) is 4.79 Å². The van der Waals surface area contributed by atoms with Gasteiger partial charge in [-0.15, -0.1) is 0 Å². The molecule has 0 bridgehead atoms. The third-order valence-electron chi connectivity index (χ3n) is 3.05. The highest BCUT2D eigenvalue weighted by Crippen LogP contribution is 2.26. The van der Waals surface area contributed by atoms with Crippen molar-refractivity contribution in [2.75, 3.05) is 6.61 Å². The molecule has 14 heavy (non-hydrogen) atoms. The smallest absolute Gasteiger partial charge is 0.133 e. The molecule has 1 rings (SSSR count). The van der Waals surface area contributed by atoms with Crippen LogP contribution in [0.15, 0.2) is 0 Å². The topological polar surface area (TPSA) is 26.3 Å². The molecular weight excluding hydrogens is 176 g/mol. The zero-order chi connectivity index (χ0) is 10.4. The van der Waals surface area contributed by atoms with Crippen LogP contribution in [-0.2, 0) is 9.53 Å². The Labute approximate surface area is 87.0 Å². The predicted octanol–water partition coefficient (Wildman–Crippen LogP) is 2.95. The second kappa shape index (κ2) is 6.18. The van der Waals surface area contributed by atoms with Crippen LogP contribution in [0.2, 0.25) is 0 Å². The number of hydrogen-bond acceptors (Lipinski definition) is 2. The lowest BCUT2D eigenvalue weighted by atomic mass is 9.85. The zero-order valence-electron chi connectivity index (χ0n) is 9.42. The summed E-state index contributed by atoms with van der Waals surface area (Å²) >= 11 is 0. The van der Waals surface area contributed by atoms with Crippen LogP contribution in [-0.4, -0.2) is 18.5 Å². The Morgan fingerprint density at radius 3 is 2.86 bits per heavy atom. The molecule has 0 aromatic carbocycles. The molecule has 0 aromatic heterocycles. The van der Waals surface area contributed by atoms with Gasteiger partial charge in [0.1, 0.15) is 5.78 Å². The summed E-state index contributed by atoms with van der Waals surface area (Å²) in [4.78, 5) is 11.2. The zero-order valence-corrected chi connectivity index (χ0v) is 9.42. The molecule has 1 aliphatic rings. The van der Waals surface area contributed by atoms with Crippen molar-refractivity contribution in [2.24, 2.45) is 5.92 Å². The van der Waals surface area contributed by atoms with Gasteiger partial charge in [0.15, 0.2) is 0 Å². The van der Waals surface area contributed by atoms with Gasteiger partial charge in [0.2, 0.25) is 0 Å².